The lowest BCUT2D eigenvalue weighted by atomic mass is 10.1. The fourth-order valence-corrected chi connectivity index (χ4v) is 4.74. The molecule has 0 bridgehead atoms. The molecular weight excluding hydrogens is 312 g/mol. The summed E-state index contributed by atoms with van der Waals surface area (Å²) in [5, 5.41) is 6.17. The molecule has 1 amide bonds. The summed E-state index contributed by atoms with van der Waals surface area (Å²) in [6.07, 6.45) is 2.38. The molecule has 1 heterocycles. The maximum atomic E-state index is 11.8. The normalized spacial score (nSPS) is 20.1. The van der Waals surface area contributed by atoms with Crippen molar-refractivity contribution in [3.8, 4) is 0 Å². The highest BCUT2D eigenvalue weighted by atomic mass is 32.2. The second kappa shape index (κ2) is 6.50. The Labute approximate surface area is 135 Å². The van der Waals surface area contributed by atoms with Crippen molar-refractivity contribution >= 4 is 32.7 Å². The van der Waals surface area contributed by atoms with Gasteiger partial charge in [0.15, 0.2) is 9.84 Å². The molecule has 6 heteroatoms. The molecule has 0 spiro atoms. The van der Waals surface area contributed by atoms with E-state index in [9.17, 15) is 13.2 Å². The van der Waals surface area contributed by atoms with Gasteiger partial charge in [-0.3, -0.25) is 4.79 Å². The van der Waals surface area contributed by atoms with Gasteiger partial charge in [0.1, 0.15) is 0 Å². The summed E-state index contributed by atoms with van der Waals surface area (Å²) in [7, 11) is -2.95. The monoisotopic (exact) mass is 330 g/mol. The number of fused-ring (bicyclic) bond motifs is 1. The molecule has 2 aromatic rings. The third-order valence-electron chi connectivity index (χ3n) is 4.02. The number of hydrogen-bond donors (Lipinski definition) is 1. The van der Waals surface area contributed by atoms with E-state index in [1.54, 1.807) is 6.21 Å². The first kappa shape index (κ1) is 15.7. The zero-order chi connectivity index (χ0) is 16.3. The van der Waals surface area contributed by atoms with E-state index in [-0.39, 0.29) is 29.8 Å². The van der Waals surface area contributed by atoms with Crippen LogP contribution in [-0.4, -0.2) is 32.0 Å². The fraction of sp³-hybridized carbons (Fsp3) is 0.294. The Morgan fingerprint density at radius 3 is 2.78 bits per heavy atom. The van der Waals surface area contributed by atoms with E-state index < -0.39 is 9.84 Å². The highest BCUT2D eigenvalue weighted by Gasteiger charge is 2.29. The largest absolute Gasteiger partial charge is 0.273 e. The number of sulfone groups is 1. The van der Waals surface area contributed by atoms with Crippen LogP contribution < -0.4 is 5.43 Å². The van der Waals surface area contributed by atoms with Gasteiger partial charge in [0, 0.05) is 12.0 Å². The lowest BCUT2D eigenvalue weighted by molar-refractivity contribution is -0.121. The first-order chi connectivity index (χ1) is 11.0. The van der Waals surface area contributed by atoms with Crippen molar-refractivity contribution in [2.45, 2.75) is 12.8 Å². The standard InChI is InChI=1S/C17H18N2O3S/c20-17(10-13-8-9-23(21,22)12-13)19-18-11-15-6-3-5-14-4-1-2-7-16(14)15/h1-7,11,13H,8-10,12H2,(H,19,20)/b18-11-/t13-/m0/s1. The summed E-state index contributed by atoms with van der Waals surface area (Å²) in [4.78, 5) is 11.8. The van der Waals surface area contributed by atoms with Gasteiger partial charge >= 0.3 is 0 Å². The smallest absolute Gasteiger partial charge is 0.240 e. The molecule has 3 rings (SSSR count). The van der Waals surface area contributed by atoms with Crippen molar-refractivity contribution in [3.63, 3.8) is 0 Å². The average Bonchev–Trinajstić information content (AvgIpc) is 2.86. The molecule has 0 aromatic heterocycles. The SMILES string of the molecule is O=C(C[C@@H]1CCS(=O)(=O)C1)N/N=C\c1cccc2ccccc12. The molecule has 0 unspecified atom stereocenters. The van der Waals surface area contributed by atoms with Crippen molar-refractivity contribution < 1.29 is 13.2 Å². The van der Waals surface area contributed by atoms with Crippen LogP contribution in [0.15, 0.2) is 47.6 Å². The summed E-state index contributed by atoms with van der Waals surface area (Å²) in [6.45, 7) is 0. The van der Waals surface area contributed by atoms with Crippen molar-refractivity contribution in [1.29, 1.82) is 0 Å². The van der Waals surface area contributed by atoms with E-state index in [0.717, 1.165) is 16.3 Å². The van der Waals surface area contributed by atoms with Gasteiger partial charge in [-0.15, -0.1) is 0 Å². The minimum absolute atomic E-state index is 0.0900. The van der Waals surface area contributed by atoms with E-state index in [1.165, 1.54) is 0 Å². The highest BCUT2D eigenvalue weighted by Crippen LogP contribution is 2.21. The molecule has 1 saturated heterocycles. The topological polar surface area (TPSA) is 75.6 Å². The van der Waals surface area contributed by atoms with Gasteiger partial charge in [-0.1, -0.05) is 42.5 Å². The van der Waals surface area contributed by atoms with Crippen LogP contribution in [0.3, 0.4) is 0 Å². The number of nitrogens with zero attached hydrogens (tertiary/aromatic N) is 1. The summed E-state index contributed by atoms with van der Waals surface area (Å²) < 4.78 is 22.8. The number of hydrogen-bond acceptors (Lipinski definition) is 4. The summed E-state index contributed by atoms with van der Waals surface area (Å²) in [6, 6.07) is 13.8. The second-order valence-electron chi connectivity index (χ2n) is 5.83. The van der Waals surface area contributed by atoms with Crippen LogP contribution in [0.1, 0.15) is 18.4 Å². The van der Waals surface area contributed by atoms with Crippen LogP contribution in [0.25, 0.3) is 10.8 Å². The lowest BCUT2D eigenvalue weighted by Gasteiger charge is -2.05. The molecule has 1 atom stereocenters. The molecule has 0 aliphatic carbocycles. The van der Waals surface area contributed by atoms with Gasteiger partial charge in [-0.05, 0) is 23.1 Å². The third-order valence-corrected chi connectivity index (χ3v) is 5.85. The number of nitrogens with one attached hydrogen (secondary N) is 1. The summed E-state index contributed by atoms with van der Waals surface area (Å²) >= 11 is 0. The van der Waals surface area contributed by atoms with E-state index in [2.05, 4.69) is 10.5 Å². The molecule has 1 aliphatic heterocycles. The molecule has 0 saturated carbocycles. The molecule has 0 radical (unpaired) electrons. The first-order valence-corrected chi connectivity index (χ1v) is 9.36. The number of carbonyl (C=O) groups excluding carboxylic acids is 1. The van der Waals surface area contributed by atoms with Gasteiger partial charge in [-0.25, -0.2) is 13.8 Å². The van der Waals surface area contributed by atoms with E-state index in [1.807, 2.05) is 42.5 Å². The fourth-order valence-electron chi connectivity index (χ4n) is 2.88. The Balaban J connectivity index is 1.61. The molecule has 5 nitrogen and oxygen atoms in total. The van der Waals surface area contributed by atoms with Gasteiger partial charge in [0.25, 0.3) is 0 Å². The number of rotatable bonds is 4. The predicted molar refractivity (Wildman–Crippen MR) is 91.1 cm³/mol. The van der Waals surface area contributed by atoms with Crippen molar-refractivity contribution in [1.82, 2.24) is 5.43 Å². The molecule has 1 fully saturated rings. The zero-order valence-corrected chi connectivity index (χ0v) is 13.4. The van der Waals surface area contributed by atoms with Crippen molar-refractivity contribution in [2.75, 3.05) is 11.5 Å². The first-order valence-electron chi connectivity index (χ1n) is 7.53. The molecule has 1 N–H and O–H groups in total. The van der Waals surface area contributed by atoms with Gasteiger partial charge in [0.2, 0.25) is 5.91 Å². The zero-order valence-electron chi connectivity index (χ0n) is 12.6. The number of benzene rings is 2. The van der Waals surface area contributed by atoms with Gasteiger partial charge in [0.05, 0.1) is 17.7 Å². The third kappa shape index (κ3) is 3.96. The van der Waals surface area contributed by atoms with E-state index >= 15 is 0 Å². The van der Waals surface area contributed by atoms with Gasteiger partial charge < -0.3 is 0 Å². The minimum Gasteiger partial charge on any atom is -0.273 e. The quantitative estimate of drug-likeness (QED) is 0.689. The lowest BCUT2D eigenvalue weighted by Crippen LogP contribution is -2.21. The highest BCUT2D eigenvalue weighted by molar-refractivity contribution is 7.91. The summed E-state index contributed by atoms with van der Waals surface area (Å²) in [5.41, 5.74) is 3.41. The molecule has 23 heavy (non-hydrogen) atoms. The number of carbonyl (C=O) groups is 1. The van der Waals surface area contributed by atoms with Crippen LogP contribution in [0.4, 0.5) is 0 Å². The maximum Gasteiger partial charge on any atom is 0.240 e. The number of amides is 1. The van der Waals surface area contributed by atoms with Crippen LogP contribution in [-0.2, 0) is 14.6 Å². The Bertz CT molecular complexity index is 854. The minimum atomic E-state index is -2.95. The Morgan fingerprint density at radius 2 is 2.00 bits per heavy atom. The van der Waals surface area contributed by atoms with E-state index in [0.29, 0.717) is 6.42 Å². The number of hydrazone groups is 1. The van der Waals surface area contributed by atoms with Crippen LogP contribution in [0, 0.1) is 5.92 Å². The maximum absolute atomic E-state index is 11.8. The van der Waals surface area contributed by atoms with Crippen LogP contribution in [0.5, 0.6) is 0 Å². The molecule has 2 aromatic carbocycles. The Kier molecular flexibility index (Phi) is 4.43. The van der Waals surface area contributed by atoms with Crippen LogP contribution in [0.2, 0.25) is 0 Å². The summed E-state index contributed by atoms with van der Waals surface area (Å²) in [5.74, 6) is -0.0474. The predicted octanol–water partition coefficient (Wildman–Crippen LogP) is 2.11. The van der Waals surface area contributed by atoms with Gasteiger partial charge in [-0.2, -0.15) is 5.10 Å². The van der Waals surface area contributed by atoms with Crippen molar-refractivity contribution in [3.05, 3.63) is 48.0 Å². The average molecular weight is 330 g/mol. The Hall–Kier alpha value is -2.21. The molecule has 120 valence electrons. The second-order valence-corrected chi connectivity index (χ2v) is 8.06. The van der Waals surface area contributed by atoms with E-state index in [4.69, 9.17) is 0 Å². The Morgan fingerprint density at radius 1 is 1.22 bits per heavy atom. The molecular formula is C17H18N2O3S. The van der Waals surface area contributed by atoms with Crippen molar-refractivity contribution in [2.24, 2.45) is 11.0 Å². The van der Waals surface area contributed by atoms with Crippen LogP contribution >= 0.6 is 0 Å². The molecule has 1 aliphatic rings.